The van der Waals surface area contributed by atoms with Crippen LogP contribution in [0, 0.1) is 35.5 Å². The number of amides is 6. The van der Waals surface area contributed by atoms with Gasteiger partial charge in [0, 0.05) is 170 Å². The third-order valence-electron chi connectivity index (χ3n) is 20.2. The lowest BCUT2D eigenvalue weighted by molar-refractivity contribution is -0.280. The Morgan fingerprint density at radius 2 is 0.583 bits per heavy atom. The lowest BCUT2D eigenvalue weighted by atomic mass is 9.83. The van der Waals surface area contributed by atoms with Crippen LogP contribution in [-0.2, 0) is 138 Å². The number of esters is 6. The molecule has 0 radical (unpaired) electrons. The fraction of sp³-hybridized carbons (Fsp3) is 0.825. The summed E-state index contributed by atoms with van der Waals surface area (Å²) in [7, 11) is 0. The quantitative estimate of drug-likeness (QED) is 0.0266. The van der Waals surface area contributed by atoms with Gasteiger partial charge in [-0.3, -0.25) is 62.3 Å². The lowest BCUT2D eigenvalue weighted by Crippen LogP contribution is -2.58. The van der Waals surface area contributed by atoms with Crippen LogP contribution in [0.1, 0.15) is 218 Å². The zero-order valence-electron chi connectivity index (χ0n) is 70.2. The van der Waals surface area contributed by atoms with Gasteiger partial charge < -0.3 is 108 Å². The van der Waals surface area contributed by atoms with E-state index >= 15 is 0 Å². The molecular weight excluding hydrogens is 1510 g/mol. The Bertz CT molecular complexity index is 2710. The zero-order chi connectivity index (χ0) is 85.3. The second kappa shape index (κ2) is 57.7. The van der Waals surface area contributed by atoms with E-state index in [-0.39, 0.29) is 233 Å². The predicted molar refractivity (Wildman–Crippen MR) is 412 cm³/mol. The van der Waals surface area contributed by atoms with Gasteiger partial charge in [-0.15, -0.1) is 0 Å². The summed E-state index contributed by atoms with van der Waals surface area (Å²) in [6.45, 7) is 21.7. The molecule has 0 spiro atoms. The molecule has 3 saturated heterocycles. The van der Waals surface area contributed by atoms with E-state index in [4.69, 9.17) is 71.1 Å². The van der Waals surface area contributed by atoms with Gasteiger partial charge in [0.05, 0.1) is 58.0 Å². The lowest BCUT2D eigenvalue weighted by Gasteiger charge is -2.43. The Balaban J connectivity index is 1.52. The average molecular weight is 1640 g/mol. The largest absolute Gasteiger partial charge is 0.463 e. The number of rotatable bonds is 60. The van der Waals surface area contributed by atoms with E-state index in [0.717, 1.165) is 0 Å². The molecule has 3 aliphatic rings. The summed E-state index contributed by atoms with van der Waals surface area (Å²) in [4.78, 5) is 173. The maximum atomic E-state index is 13.6. The fourth-order valence-electron chi connectivity index (χ4n) is 12.9. The maximum absolute atomic E-state index is 13.6. The predicted octanol–water partition coefficient (Wildman–Crippen LogP) is 4.96. The SMILES string of the molecule is CC(=O)CCCC(=O)NC(COCCC(=O)NCCCCC(=O)CCCCO[C@@H]1OC(COC(C)=O)[C@@H](C)[C@H](C)C1OC(C)=O)(COCCC(=O)NCCCNC(=O)CCCCO[C@@H]1OC(COC(C)=O)[C@@H](C)[C@H](C)C1OC(C)=O)COCCC(=O)NCCCNC(=O)CCCCO[C@@H]1OC(COC(C)=O)[C@@H](C)[C@H](C)C1OC(C)=O. The number of hydrogen-bond acceptors (Lipinski definition) is 29. The minimum atomic E-state index is -1.43. The van der Waals surface area contributed by atoms with Gasteiger partial charge in [0.2, 0.25) is 35.4 Å². The van der Waals surface area contributed by atoms with Crippen LogP contribution in [0.3, 0.4) is 0 Å². The van der Waals surface area contributed by atoms with Crippen LogP contribution in [0.4, 0.5) is 0 Å². The molecule has 6 N–H and O–H groups in total. The van der Waals surface area contributed by atoms with Crippen molar-refractivity contribution in [2.45, 2.75) is 279 Å². The van der Waals surface area contributed by atoms with Crippen molar-refractivity contribution in [3.8, 4) is 0 Å². The molecule has 0 saturated carbocycles. The number of carbonyl (C=O) groups excluding carboxylic acids is 14. The Morgan fingerprint density at radius 1 is 0.296 bits per heavy atom. The van der Waals surface area contributed by atoms with Crippen LogP contribution < -0.4 is 31.9 Å². The van der Waals surface area contributed by atoms with Gasteiger partial charge in [-0.25, -0.2) is 0 Å². The first-order valence-electron chi connectivity index (χ1n) is 40.8. The molecule has 6 unspecified atom stereocenters. The van der Waals surface area contributed by atoms with E-state index < -0.39 is 103 Å². The molecule has 35 nitrogen and oxygen atoms in total. The van der Waals surface area contributed by atoms with Crippen molar-refractivity contribution in [2.75, 3.05) is 112 Å². The number of carbonyl (C=O) groups is 14. The van der Waals surface area contributed by atoms with Crippen LogP contribution in [0.5, 0.6) is 0 Å². The Hall–Kier alpha value is -7.38. The van der Waals surface area contributed by atoms with Crippen molar-refractivity contribution in [2.24, 2.45) is 35.5 Å². The molecular formula is C80H134N6O29. The molecule has 3 rings (SSSR count). The molecule has 3 heterocycles. The first kappa shape index (κ1) is 102. The third kappa shape index (κ3) is 44.1. The van der Waals surface area contributed by atoms with Crippen molar-refractivity contribution in [3.05, 3.63) is 0 Å². The molecule has 0 aliphatic carbocycles. The van der Waals surface area contributed by atoms with Gasteiger partial charge in [0.15, 0.2) is 37.2 Å². The number of Topliss-reactive ketones (excluding diaryl/α,β-unsaturated/α-hetero) is 2. The molecule has 0 aromatic carbocycles. The second-order valence-corrected chi connectivity index (χ2v) is 30.1. The van der Waals surface area contributed by atoms with Crippen molar-refractivity contribution in [1.82, 2.24) is 31.9 Å². The van der Waals surface area contributed by atoms with Gasteiger partial charge in [0.25, 0.3) is 0 Å². The summed E-state index contributed by atoms with van der Waals surface area (Å²) in [5.41, 5.74) is -1.43. The summed E-state index contributed by atoms with van der Waals surface area (Å²) >= 11 is 0. The van der Waals surface area contributed by atoms with Gasteiger partial charge in [-0.1, -0.05) is 41.5 Å². The van der Waals surface area contributed by atoms with E-state index in [9.17, 15) is 67.1 Å². The molecule has 15 atom stereocenters. The second-order valence-electron chi connectivity index (χ2n) is 30.1. The van der Waals surface area contributed by atoms with Gasteiger partial charge in [-0.05, 0) is 95.3 Å². The average Bonchev–Trinajstić information content (AvgIpc) is 0.816. The number of unbranched alkanes of at least 4 members (excludes halogenated alkanes) is 4. The molecule has 6 amide bonds. The Kier molecular flexibility index (Phi) is 51.0. The molecule has 658 valence electrons. The summed E-state index contributed by atoms with van der Waals surface area (Å²) < 4.78 is 86.6. The van der Waals surface area contributed by atoms with Crippen LogP contribution in [0.2, 0.25) is 0 Å². The number of ketones is 2. The zero-order valence-corrected chi connectivity index (χ0v) is 70.2. The molecule has 3 aliphatic heterocycles. The van der Waals surface area contributed by atoms with Gasteiger partial charge in [-0.2, -0.15) is 0 Å². The van der Waals surface area contributed by atoms with Gasteiger partial charge in [0.1, 0.15) is 36.9 Å². The minimum absolute atomic E-state index is 0.0225. The molecule has 0 bridgehead atoms. The topological polar surface area (TPSA) is 450 Å². The molecule has 35 heteroatoms. The van der Waals surface area contributed by atoms with Crippen molar-refractivity contribution < 1.29 is 138 Å². The maximum Gasteiger partial charge on any atom is 0.303 e. The highest BCUT2D eigenvalue weighted by molar-refractivity contribution is 5.80. The number of ether oxygens (including phenoxy) is 15. The van der Waals surface area contributed by atoms with E-state index in [1.807, 2.05) is 41.5 Å². The van der Waals surface area contributed by atoms with E-state index in [2.05, 4.69) is 31.9 Å². The highest BCUT2D eigenvalue weighted by Crippen LogP contribution is 2.37. The number of hydrogen-bond donors (Lipinski definition) is 6. The monoisotopic (exact) mass is 1640 g/mol. The molecule has 3 fully saturated rings. The highest BCUT2D eigenvalue weighted by atomic mass is 16.7. The third-order valence-corrected chi connectivity index (χ3v) is 20.2. The first-order valence-corrected chi connectivity index (χ1v) is 40.8. The van der Waals surface area contributed by atoms with Crippen LogP contribution in [0.15, 0.2) is 0 Å². The van der Waals surface area contributed by atoms with Crippen molar-refractivity contribution in [3.63, 3.8) is 0 Å². The van der Waals surface area contributed by atoms with Crippen LogP contribution >= 0.6 is 0 Å². The van der Waals surface area contributed by atoms with E-state index in [0.29, 0.717) is 83.6 Å². The standard InChI is InChI=1S/C80H134N6O29/c1-51(87)25-22-30-73(100)86-80(48-101-42-31-70(97)81-34-18-14-26-64(94)27-15-19-39-104-77-74(110-61(11)91)55(5)52(2)65(113-77)45-107-58(8)88,49-102-43-32-71(98)84-37-23-35-82-68(95)28-16-20-40-105-78-75(111-62(12)92)56(6)53(3)66(114-78)46-108-59(9)89)50-103-44-33-72(99)85-38-24-36-83-69(96)29-17-21-41-106-79-76(112-63(13)93)57(7)54(4)67(115-79)47-109-60(10)90/h52-57,65-67,74-79H,14-50H2,1-13H3,(H,81,97)(H,82,95)(H,83,96)(H,84,98)(H,85,99)(H,86,100)/t52-,53-,54-,55-,56-,57-,65?,66?,67?,74?,75?,76?,77+,78+,79+,80?/m0/s1. The summed E-state index contributed by atoms with van der Waals surface area (Å²) in [5.74, 6) is -5.54. The molecule has 0 aromatic heterocycles. The van der Waals surface area contributed by atoms with Gasteiger partial charge >= 0.3 is 35.8 Å². The smallest absolute Gasteiger partial charge is 0.303 e. The fourth-order valence-corrected chi connectivity index (χ4v) is 12.9. The van der Waals surface area contributed by atoms with Crippen molar-refractivity contribution in [1.29, 1.82) is 0 Å². The highest BCUT2D eigenvalue weighted by Gasteiger charge is 2.47. The summed E-state index contributed by atoms with van der Waals surface area (Å²) in [5, 5.41) is 17.1. The first-order chi connectivity index (χ1) is 54.7. The summed E-state index contributed by atoms with van der Waals surface area (Å²) in [6.07, 6.45) is -0.104. The van der Waals surface area contributed by atoms with Crippen LogP contribution in [0.25, 0.3) is 0 Å². The Labute approximate surface area is 677 Å². The van der Waals surface area contributed by atoms with Crippen LogP contribution in [-0.4, -0.2) is 256 Å². The van der Waals surface area contributed by atoms with E-state index in [1.165, 1.54) is 48.5 Å². The number of nitrogens with one attached hydrogen (secondary N) is 6. The molecule has 0 aromatic rings. The van der Waals surface area contributed by atoms with Crippen molar-refractivity contribution >= 4 is 82.8 Å². The minimum Gasteiger partial charge on any atom is -0.463 e. The molecule has 115 heavy (non-hydrogen) atoms. The summed E-state index contributed by atoms with van der Waals surface area (Å²) in [6, 6.07) is 0. The normalized spacial score (nSPS) is 23.6. The Morgan fingerprint density at radius 3 is 0.887 bits per heavy atom. The van der Waals surface area contributed by atoms with E-state index in [1.54, 1.807) is 0 Å².